The lowest BCUT2D eigenvalue weighted by atomic mass is 10.0. The first-order chi connectivity index (χ1) is 8.13. The summed E-state index contributed by atoms with van der Waals surface area (Å²) in [4.78, 5) is 24.7. The predicted octanol–water partition coefficient (Wildman–Crippen LogP) is 2.22. The van der Waals surface area contributed by atoms with Crippen molar-refractivity contribution in [2.24, 2.45) is 11.8 Å². The number of hydrogen-bond donors (Lipinski definition) is 0. The summed E-state index contributed by atoms with van der Waals surface area (Å²) in [5, 5.41) is 0. The minimum absolute atomic E-state index is 0.0335. The number of ketones is 1. The largest absolute Gasteiger partial charge is 0.446 e. The van der Waals surface area contributed by atoms with Crippen LogP contribution in [0, 0.1) is 11.8 Å². The van der Waals surface area contributed by atoms with E-state index in [1.807, 2.05) is 13.8 Å². The van der Waals surface area contributed by atoms with E-state index in [2.05, 4.69) is 0 Å². The molecule has 4 nitrogen and oxygen atoms in total. The Morgan fingerprint density at radius 2 is 1.76 bits per heavy atom. The number of rotatable bonds is 3. The Bertz CT molecular complexity index is 296. The lowest BCUT2D eigenvalue weighted by molar-refractivity contribution is -0.118. The zero-order valence-corrected chi connectivity index (χ0v) is 10.6. The van der Waals surface area contributed by atoms with Gasteiger partial charge in [0.1, 0.15) is 11.9 Å². The number of hydrogen-bond acceptors (Lipinski definition) is 3. The molecule has 2 aliphatic rings. The van der Waals surface area contributed by atoms with Crippen molar-refractivity contribution in [1.82, 2.24) is 4.90 Å². The molecule has 0 aromatic carbocycles. The normalized spacial score (nSPS) is 31.4. The second-order valence-corrected chi connectivity index (χ2v) is 5.12. The summed E-state index contributed by atoms with van der Waals surface area (Å²) in [6.07, 6.45) is 2.98. The SMILES string of the molecule is CCN(CC)C(=O)OC1CC2CC(=O)CC2C1. The number of carbonyl (C=O) groups excluding carboxylic acids is 2. The third-order valence-corrected chi connectivity index (χ3v) is 4.07. The Morgan fingerprint density at radius 1 is 1.24 bits per heavy atom. The van der Waals surface area contributed by atoms with Crippen molar-refractivity contribution in [2.75, 3.05) is 13.1 Å². The molecule has 0 saturated heterocycles. The van der Waals surface area contributed by atoms with Crippen LogP contribution in [0.5, 0.6) is 0 Å². The third kappa shape index (κ3) is 2.61. The van der Waals surface area contributed by atoms with Crippen LogP contribution >= 0.6 is 0 Å². The minimum Gasteiger partial charge on any atom is -0.446 e. The number of carbonyl (C=O) groups is 2. The molecule has 0 radical (unpaired) electrons. The van der Waals surface area contributed by atoms with Crippen molar-refractivity contribution in [2.45, 2.75) is 45.6 Å². The molecule has 4 heteroatoms. The van der Waals surface area contributed by atoms with Gasteiger partial charge in [0.25, 0.3) is 0 Å². The first-order valence-electron chi connectivity index (χ1n) is 6.61. The van der Waals surface area contributed by atoms with E-state index in [-0.39, 0.29) is 12.2 Å². The zero-order valence-electron chi connectivity index (χ0n) is 10.6. The lowest BCUT2D eigenvalue weighted by Crippen LogP contribution is -2.33. The zero-order chi connectivity index (χ0) is 12.4. The van der Waals surface area contributed by atoms with E-state index in [1.165, 1.54) is 0 Å². The van der Waals surface area contributed by atoms with Crippen molar-refractivity contribution < 1.29 is 14.3 Å². The van der Waals surface area contributed by atoms with Gasteiger partial charge in [-0.05, 0) is 38.5 Å². The molecule has 2 aliphatic carbocycles. The maximum atomic E-state index is 11.8. The van der Waals surface area contributed by atoms with Gasteiger partial charge in [0.05, 0.1) is 0 Å². The van der Waals surface area contributed by atoms with Crippen molar-refractivity contribution >= 4 is 11.9 Å². The highest BCUT2D eigenvalue weighted by Gasteiger charge is 2.42. The smallest absolute Gasteiger partial charge is 0.410 e. The number of fused-ring (bicyclic) bond motifs is 1. The Labute approximate surface area is 102 Å². The quantitative estimate of drug-likeness (QED) is 0.758. The van der Waals surface area contributed by atoms with Gasteiger partial charge >= 0.3 is 6.09 Å². The van der Waals surface area contributed by atoms with Crippen LogP contribution in [0.2, 0.25) is 0 Å². The molecule has 17 heavy (non-hydrogen) atoms. The van der Waals surface area contributed by atoms with E-state index >= 15 is 0 Å². The van der Waals surface area contributed by atoms with Crippen LogP contribution in [-0.2, 0) is 9.53 Å². The summed E-state index contributed by atoms with van der Waals surface area (Å²) in [7, 11) is 0. The molecule has 0 N–H and O–H groups in total. The Balaban J connectivity index is 1.82. The average Bonchev–Trinajstić information content (AvgIpc) is 2.76. The fraction of sp³-hybridized carbons (Fsp3) is 0.846. The van der Waals surface area contributed by atoms with Gasteiger partial charge in [0.2, 0.25) is 0 Å². The molecule has 2 fully saturated rings. The molecule has 0 aromatic heterocycles. The topological polar surface area (TPSA) is 46.6 Å². The molecule has 0 spiro atoms. The fourth-order valence-corrected chi connectivity index (χ4v) is 3.12. The standard InChI is InChI=1S/C13H21NO3/c1-3-14(4-2)13(16)17-12-7-9-5-11(15)6-10(9)8-12/h9-10,12H,3-8H2,1-2H3. The monoisotopic (exact) mass is 239 g/mol. The first-order valence-corrected chi connectivity index (χ1v) is 6.61. The second-order valence-electron chi connectivity index (χ2n) is 5.12. The van der Waals surface area contributed by atoms with Gasteiger partial charge in [-0.25, -0.2) is 4.79 Å². The summed E-state index contributed by atoms with van der Waals surface area (Å²) in [6, 6.07) is 0. The van der Waals surface area contributed by atoms with Crippen molar-refractivity contribution in [1.29, 1.82) is 0 Å². The van der Waals surface area contributed by atoms with Crippen molar-refractivity contribution in [3.05, 3.63) is 0 Å². The van der Waals surface area contributed by atoms with E-state index in [4.69, 9.17) is 4.74 Å². The summed E-state index contributed by atoms with van der Waals surface area (Å²) in [5.74, 6) is 1.32. The van der Waals surface area contributed by atoms with Gasteiger partial charge in [0, 0.05) is 25.9 Å². The molecule has 0 heterocycles. The van der Waals surface area contributed by atoms with Crippen LogP contribution in [0.1, 0.15) is 39.5 Å². The predicted molar refractivity (Wildman–Crippen MR) is 63.6 cm³/mol. The highest BCUT2D eigenvalue weighted by Crippen LogP contribution is 2.43. The fourth-order valence-electron chi connectivity index (χ4n) is 3.12. The van der Waals surface area contributed by atoms with Gasteiger partial charge in [-0.3, -0.25) is 4.79 Å². The molecule has 0 aromatic rings. The van der Waals surface area contributed by atoms with Gasteiger partial charge in [-0.1, -0.05) is 0 Å². The molecule has 0 bridgehead atoms. The van der Waals surface area contributed by atoms with Gasteiger partial charge in [-0.15, -0.1) is 0 Å². The maximum Gasteiger partial charge on any atom is 0.410 e. The van der Waals surface area contributed by atoms with Crippen LogP contribution < -0.4 is 0 Å². The Hall–Kier alpha value is -1.06. The lowest BCUT2D eigenvalue weighted by Gasteiger charge is -2.21. The van der Waals surface area contributed by atoms with Crippen LogP contribution in [0.25, 0.3) is 0 Å². The van der Waals surface area contributed by atoms with Gasteiger partial charge in [-0.2, -0.15) is 0 Å². The molecular formula is C13H21NO3. The highest BCUT2D eigenvalue weighted by atomic mass is 16.6. The molecule has 2 rings (SSSR count). The Morgan fingerprint density at radius 3 is 2.24 bits per heavy atom. The number of nitrogens with zero attached hydrogens (tertiary/aromatic N) is 1. The van der Waals surface area contributed by atoms with E-state index in [0.717, 1.165) is 12.8 Å². The molecule has 0 aliphatic heterocycles. The van der Waals surface area contributed by atoms with Gasteiger partial charge in [0.15, 0.2) is 0 Å². The summed E-state index contributed by atoms with van der Waals surface area (Å²) < 4.78 is 5.50. The van der Waals surface area contributed by atoms with Crippen molar-refractivity contribution in [3.8, 4) is 0 Å². The van der Waals surface area contributed by atoms with E-state index in [9.17, 15) is 9.59 Å². The van der Waals surface area contributed by atoms with E-state index < -0.39 is 0 Å². The van der Waals surface area contributed by atoms with Crippen molar-refractivity contribution in [3.63, 3.8) is 0 Å². The second kappa shape index (κ2) is 5.07. The molecule has 1 amide bonds. The van der Waals surface area contributed by atoms with Crippen LogP contribution in [0.3, 0.4) is 0 Å². The molecule has 2 atom stereocenters. The molecule has 2 unspecified atom stereocenters. The number of Topliss-reactive ketones (excluding diaryl/α,β-unsaturated/α-hetero) is 1. The molecule has 2 saturated carbocycles. The highest BCUT2D eigenvalue weighted by molar-refractivity contribution is 5.81. The molecular weight excluding hydrogens is 218 g/mol. The number of amides is 1. The van der Waals surface area contributed by atoms with Gasteiger partial charge < -0.3 is 9.64 Å². The first kappa shape index (κ1) is 12.4. The molecule has 96 valence electrons. The average molecular weight is 239 g/mol. The van der Waals surface area contributed by atoms with E-state index in [1.54, 1.807) is 4.90 Å². The minimum atomic E-state index is -0.202. The van der Waals surface area contributed by atoms with Crippen LogP contribution in [0.4, 0.5) is 4.79 Å². The summed E-state index contributed by atoms with van der Waals surface area (Å²) >= 11 is 0. The Kier molecular flexibility index (Phi) is 3.69. The van der Waals surface area contributed by atoms with E-state index in [0.29, 0.717) is 43.6 Å². The summed E-state index contributed by atoms with van der Waals surface area (Å²) in [6.45, 7) is 5.28. The number of ether oxygens (including phenoxy) is 1. The van der Waals surface area contributed by atoms with Crippen LogP contribution in [-0.4, -0.2) is 36.0 Å². The summed E-state index contributed by atoms with van der Waals surface area (Å²) in [5.41, 5.74) is 0. The maximum absolute atomic E-state index is 11.8. The van der Waals surface area contributed by atoms with Crippen LogP contribution in [0.15, 0.2) is 0 Å². The third-order valence-electron chi connectivity index (χ3n) is 4.07.